The lowest BCUT2D eigenvalue weighted by Crippen LogP contribution is -2.54. The van der Waals surface area contributed by atoms with Crippen molar-refractivity contribution in [3.8, 4) is 0 Å². The summed E-state index contributed by atoms with van der Waals surface area (Å²) >= 11 is 0. The molecule has 138 valence electrons. The third kappa shape index (κ3) is 2.87. The predicted molar refractivity (Wildman–Crippen MR) is 85.6 cm³/mol. The number of amides is 2. The number of alkyl halides is 2. The summed E-state index contributed by atoms with van der Waals surface area (Å²) in [5.41, 5.74) is 1.42. The predicted octanol–water partition coefficient (Wildman–Crippen LogP) is 1.90. The van der Waals surface area contributed by atoms with Crippen LogP contribution >= 0.6 is 0 Å². The fourth-order valence-corrected chi connectivity index (χ4v) is 3.44. The number of carbonyl (C=O) groups is 2. The zero-order valence-corrected chi connectivity index (χ0v) is 14.1. The maximum Gasteiger partial charge on any atom is 0.290 e. The molecule has 0 spiro atoms. The summed E-state index contributed by atoms with van der Waals surface area (Å²) < 4.78 is 32.8. The number of carbonyl (C=O) groups excluding carboxylic acids is 2. The first-order valence-electron chi connectivity index (χ1n) is 8.38. The van der Waals surface area contributed by atoms with E-state index in [-0.39, 0.29) is 31.1 Å². The van der Waals surface area contributed by atoms with Crippen LogP contribution in [0, 0.1) is 6.92 Å². The van der Waals surface area contributed by atoms with Gasteiger partial charge in [-0.25, -0.2) is 8.78 Å². The van der Waals surface area contributed by atoms with Gasteiger partial charge in [-0.1, -0.05) is 0 Å². The Morgan fingerprint density at radius 1 is 1.35 bits per heavy atom. The largest absolute Gasteiger partial charge is 0.459 e. The van der Waals surface area contributed by atoms with Gasteiger partial charge in [0.1, 0.15) is 6.04 Å². The van der Waals surface area contributed by atoms with E-state index in [0.29, 0.717) is 17.8 Å². The lowest BCUT2D eigenvalue weighted by molar-refractivity contribution is -0.133. The molecule has 0 bridgehead atoms. The minimum atomic E-state index is -2.71. The molecule has 2 aromatic heterocycles. The van der Waals surface area contributed by atoms with Crippen LogP contribution in [0.1, 0.15) is 40.7 Å². The van der Waals surface area contributed by atoms with E-state index >= 15 is 0 Å². The number of furan rings is 1. The Labute approximate surface area is 147 Å². The molecule has 9 heteroatoms. The Kier molecular flexibility index (Phi) is 3.82. The number of rotatable bonds is 3. The number of nitrogens with zero attached hydrogens (tertiary/aromatic N) is 3. The van der Waals surface area contributed by atoms with Gasteiger partial charge in [-0.2, -0.15) is 5.10 Å². The lowest BCUT2D eigenvalue weighted by Gasteiger charge is -2.38. The molecular formula is C17H18F2N4O3. The Bertz CT molecular complexity index is 852. The molecule has 3 heterocycles. The maximum absolute atomic E-state index is 13.0. The van der Waals surface area contributed by atoms with Gasteiger partial charge in [0, 0.05) is 30.6 Å². The van der Waals surface area contributed by atoms with Crippen LogP contribution in [0.25, 0.3) is 0 Å². The average Bonchev–Trinajstić information content (AvgIpc) is 3.19. The summed E-state index contributed by atoms with van der Waals surface area (Å²) in [5.74, 6) is -3.20. The van der Waals surface area contributed by atoms with Gasteiger partial charge < -0.3 is 14.6 Å². The van der Waals surface area contributed by atoms with E-state index in [1.165, 1.54) is 11.2 Å². The van der Waals surface area contributed by atoms with E-state index in [1.807, 2.05) is 0 Å². The van der Waals surface area contributed by atoms with Crippen molar-refractivity contribution in [2.45, 2.75) is 44.3 Å². The first-order chi connectivity index (χ1) is 12.3. The highest BCUT2D eigenvalue weighted by atomic mass is 19.3. The molecule has 1 saturated carbocycles. The number of halogens is 2. The highest BCUT2D eigenvalue weighted by Crippen LogP contribution is 2.37. The lowest BCUT2D eigenvalue weighted by atomic mass is 9.88. The minimum absolute atomic E-state index is 0.0998. The highest BCUT2D eigenvalue weighted by molar-refractivity contribution is 5.93. The molecule has 2 amide bonds. The molecule has 0 unspecified atom stereocenters. The van der Waals surface area contributed by atoms with Crippen LogP contribution < -0.4 is 5.32 Å². The van der Waals surface area contributed by atoms with E-state index in [0.717, 1.165) is 0 Å². The van der Waals surface area contributed by atoms with Crippen LogP contribution in [-0.4, -0.2) is 45.0 Å². The van der Waals surface area contributed by atoms with Gasteiger partial charge in [-0.15, -0.1) is 0 Å². The number of aromatic nitrogens is 2. The van der Waals surface area contributed by atoms with Crippen LogP contribution in [0.3, 0.4) is 0 Å². The summed E-state index contributed by atoms with van der Waals surface area (Å²) in [5, 5.41) is 6.80. The number of aryl methyl sites for hydroxylation is 1. The summed E-state index contributed by atoms with van der Waals surface area (Å²) in [7, 11) is 0. The fourth-order valence-electron chi connectivity index (χ4n) is 3.44. The molecule has 0 radical (unpaired) electrons. The van der Waals surface area contributed by atoms with Gasteiger partial charge in [0.05, 0.1) is 25.0 Å². The molecular weight excluding hydrogens is 346 g/mol. The van der Waals surface area contributed by atoms with E-state index < -0.39 is 23.9 Å². The quantitative estimate of drug-likeness (QED) is 0.902. The summed E-state index contributed by atoms with van der Waals surface area (Å²) in [6.07, 6.45) is 2.29. The molecule has 26 heavy (non-hydrogen) atoms. The second-order valence-electron chi connectivity index (χ2n) is 6.87. The average molecular weight is 364 g/mol. The maximum atomic E-state index is 13.0. The van der Waals surface area contributed by atoms with Crippen LogP contribution in [0.4, 0.5) is 8.78 Å². The number of hydrogen-bond acceptors (Lipinski definition) is 4. The smallest absolute Gasteiger partial charge is 0.290 e. The Morgan fingerprint density at radius 3 is 2.77 bits per heavy atom. The van der Waals surface area contributed by atoms with E-state index in [2.05, 4.69) is 10.4 Å². The molecule has 4 rings (SSSR count). The Hall–Kier alpha value is -2.71. The van der Waals surface area contributed by atoms with Crippen molar-refractivity contribution >= 4 is 11.8 Å². The number of hydrogen-bond donors (Lipinski definition) is 1. The van der Waals surface area contributed by atoms with Gasteiger partial charge in [0.2, 0.25) is 5.91 Å². The van der Waals surface area contributed by atoms with Gasteiger partial charge in [-0.05, 0) is 19.1 Å². The molecule has 1 aliphatic carbocycles. The molecule has 2 aliphatic rings. The monoisotopic (exact) mass is 364 g/mol. The molecule has 0 aromatic carbocycles. The Balaban J connectivity index is 1.52. The summed E-state index contributed by atoms with van der Waals surface area (Å²) in [6.45, 7) is 2.17. The molecule has 2 aromatic rings. The van der Waals surface area contributed by atoms with Crippen molar-refractivity contribution in [3.05, 3.63) is 41.6 Å². The van der Waals surface area contributed by atoms with Gasteiger partial charge in [0.25, 0.3) is 11.8 Å². The second kappa shape index (κ2) is 5.93. The highest BCUT2D eigenvalue weighted by Gasteiger charge is 2.47. The van der Waals surface area contributed by atoms with Crippen molar-refractivity contribution in [2.24, 2.45) is 0 Å². The van der Waals surface area contributed by atoms with Crippen molar-refractivity contribution in [2.75, 3.05) is 6.54 Å². The fraction of sp³-hybridized carbons (Fsp3) is 0.471. The van der Waals surface area contributed by atoms with E-state index in [1.54, 1.807) is 29.9 Å². The van der Waals surface area contributed by atoms with Crippen LogP contribution in [-0.2, 0) is 11.3 Å². The second-order valence-corrected chi connectivity index (χ2v) is 6.87. The molecule has 0 saturated heterocycles. The molecule has 1 N–H and O–H groups in total. The third-order valence-corrected chi connectivity index (χ3v) is 4.88. The number of nitrogens with one attached hydrogen (secondary N) is 1. The summed E-state index contributed by atoms with van der Waals surface area (Å²) in [6, 6.07) is 2.12. The van der Waals surface area contributed by atoms with E-state index in [4.69, 9.17) is 4.42 Å². The Morgan fingerprint density at radius 2 is 2.12 bits per heavy atom. The number of fused-ring (bicyclic) bond motifs is 1. The van der Waals surface area contributed by atoms with Crippen LogP contribution in [0.15, 0.2) is 29.0 Å². The van der Waals surface area contributed by atoms with Crippen molar-refractivity contribution in [1.82, 2.24) is 20.0 Å². The molecule has 1 fully saturated rings. The molecule has 7 nitrogen and oxygen atoms in total. The zero-order valence-electron chi connectivity index (χ0n) is 14.1. The SMILES string of the molecule is Cc1ccoc1C(=O)N1Cc2ccnn2[C@@H](C(=O)NC2CC(F)(F)C2)C1. The topological polar surface area (TPSA) is 80.4 Å². The molecule has 1 aliphatic heterocycles. The standard InChI is InChI=1S/C17H18F2N4O3/c1-10-3-5-26-14(10)16(25)22-8-12-2-4-20-23(12)13(9-22)15(24)21-11-6-17(18,19)7-11/h2-5,11,13H,6-9H2,1H3,(H,21,24)/t13-/m1/s1. The van der Waals surface area contributed by atoms with Gasteiger partial charge in [0.15, 0.2) is 5.76 Å². The summed E-state index contributed by atoms with van der Waals surface area (Å²) in [4.78, 5) is 26.9. The van der Waals surface area contributed by atoms with Crippen LogP contribution in [0.2, 0.25) is 0 Å². The minimum Gasteiger partial charge on any atom is -0.459 e. The van der Waals surface area contributed by atoms with Crippen molar-refractivity contribution in [3.63, 3.8) is 0 Å². The molecule has 1 atom stereocenters. The van der Waals surface area contributed by atoms with Crippen molar-refractivity contribution < 1.29 is 22.8 Å². The first kappa shape index (κ1) is 16.7. The third-order valence-electron chi connectivity index (χ3n) is 4.88. The van der Waals surface area contributed by atoms with E-state index in [9.17, 15) is 18.4 Å². The van der Waals surface area contributed by atoms with Crippen molar-refractivity contribution in [1.29, 1.82) is 0 Å². The van der Waals surface area contributed by atoms with Crippen LogP contribution in [0.5, 0.6) is 0 Å². The van der Waals surface area contributed by atoms with Gasteiger partial charge >= 0.3 is 0 Å². The first-order valence-corrected chi connectivity index (χ1v) is 8.38. The van der Waals surface area contributed by atoms with Gasteiger partial charge in [-0.3, -0.25) is 14.3 Å². The zero-order chi connectivity index (χ0) is 18.5. The normalized spacial score (nSPS) is 21.8.